The number of nitrogens with zero attached hydrogens (tertiary/aromatic N) is 3. The fourth-order valence-electron chi connectivity index (χ4n) is 3.12. The fraction of sp³-hybridized carbons (Fsp3) is 0.700. The van der Waals surface area contributed by atoms with Crippen LogP contribution in [0, 0.1) is 0 Å². The lowest BCUT2D eigenvalue weighted by molar-refractivity contribution is 0.143. The second-order valence-corrected chi connectivity index (χ2v) is 6.80. The summed E-state index contributed by atoms with van der Waals surface area (Å²) in [6.07, 6.45) is 5.38. The summed E-state index contributed by atoms with van der Waals surface area (Å²) in [5, 5.41) is 6.94. The van der Waals surface area contributed by atoms with Crippen LogP contribution in [0.15, 0.2) is 23.3 Å². The van der Waals surface area contributed by atoms with E-state index in [4.69, 9.17) is 14.5 Å². The van der Waals surface area contributed by atoms with E-state index in [-0.39, 0.29) is 24.0 Å². The van der Waals surface area contributed by atoms with Gasteiger partial charge in [-0.2, -0.15) is 0 Å². The van der Waals surface area contributed by atoms with Gasteiger partial charge in [0, 0.05) is 45.0 Å². The van der Waals surface area contributed by atoms with Gasteiger partial charge >= 0.3 is 0 Å². The molecule has 7 nitrogen and oxygen atoms in total. The molecule has 2 N–H and O–H groups in total. The summed E-state index contributed by atoms with van der Waals surface area (Å²) in [6, 6.07) is 4.38. The molecule has 0 aliphatic carbocycles. The van der Waals surface area contributed by atoms with E-state index in [1.54, 1.807) is 7.11 Å². The zero-order chi connectivity index (χ0) is 19.3. The van der Waals surface area contributed by atoms with Crippen molar-refractivity contribution in [3.05, 3.63) is 23.9 Å². The molecule has 160 valence electrons. The van der Waals surface area contributed by atoms with Gasteiger partial charge in [-0.25, -0.2) is 9.98 Å². The summed E-state index contributed by atoms with van der Waals surface area (Å²) in [5.41, 5.74) is 1.06. The maximum absolute atomic E-state index is 5.49. The first-order valence-corrected chi connectivity index (χ1v) is 10.1. The van der Waals surface area contributed by atoms with Crippen molar-refractivity contribution in [1.29, 1.82) is 0 Å². The van der Waals surface area contributed by atoms with Crippen molar-refractivity contribution in [2.24, 2.45) is 4.99 Å². The van der Waals surface area contributed by atoms with Crippen LogP contribution in [0.4, 0.5) is 0 Å². The molecule has 1 aliphatic heterocycles. The van der Waals surface area contributed by atoms with E-state index in [1.165, 1.54) is 38.9 Å². The van der Waals surface area contributed by atoms with E-state index in [0.717, 1.165) is 18.1 Å². The molecule has 28 heavy (non-hydrogen) atoms. The third-order valence-corrected chi connectivity index (χ3v) is 4.57. The van der Waals surface area contributed by atoms with Gasteiger partial charge in [-0.1, -0.05) is 13.0 Å². The lowest BCUT2D eigenvalue weighted by Gasteiger charge is -2.32. The fourth-order valence-corrected chi connectivity index (χ4v) is 3.12. The normalized spacial score (nSPS) is 15.8. The molecular weight excluding hydrogens is 469 g/mol. The van der Waals surface area contributed by atoms with Gasteiger partial charge in [0.25, 0.3) is 0 Å². The summed E-state index contributed by atoms with van der Waals surface area (Å²) >= 11 is 0. The smallest absolute Gasteiger partial charge is 0.213 e. The first-order chi connectivity index (χ1) is 13.2. The van der Waals surface area contributed by atoms with Gasteiger partial charge in [-0.15, -0.1) is 24.0 Å². The van der Waals surface area contributed by atoms with Crippen LogP contribution in [0.25, 0.3) is 0 Å². The predicted molar refractivity (Wildman–Crippen MR) is 125 cm³/mol. The zero-order valence-electron chi connectivity index (χ0n) is 17.4. The van der Waals surface area contributed by atoms with Gasteiger partial charge in [0.15, 0.2) is 5.96 Å². The van der Waals surface area contributed by atoms with E-state index in [9.17, 15) is 0 Å². The highest BCUT2D eigenvalue weighted by atomic mass is 127. The molecule has 0 amide bonds. The minimum Gasteiger partial charge on any atom is -0.475 e. The summed E-state index contributed by atoms with van der Waals surface area (Å²) in [7, 11) is 1.66. The standard InChI is InChI=1S/C20H35N5O2.HI/c1-4-10-25-11-8-18(9-12-25)24-20(21-5-2)23-16-17-6-7-19(22-15-17)27-14-13-26-3;/h6-7,15,18H,4-5,8-14,16H2,1-3H3,(H2,21,23,24);1H. The minimum atomic E-state index is 0. The van der Waals surface area contributed by atoms with Gasteiger partial charge in [0.1, 0.15) is 6.61 Å². The summed E-state index contributed by atoms with van der Waals surface area (Å²) in [5.74, 6) is 1.50. The molecule has 1 fully saturated rings. The van der Waals surface area contributed by atoms with Crippen LogP contribution in [-0.2, 0) is 11.3 Å². The second-order valence-electron chi connectivity index (χ2n) is 6.80. The molecule has 1 aromatic rings. The number of halogens is 1. The second kappa shape index (κ2) is 14.8. The Hall–Kier alpha value is -1.13. The first kappa shape index (κ1) is 24.9. The van der Waals surface area contributed by atoms with E-state index in [1.807, 2.05) is 18.3 Å². The lowest BCUT2D eigenvalue weighted by atomic mass is 10.1. The molecule has 1 saturated heterocycles. The number of methoxy groups -OCH3 is 1. The predicted octanol–water partition coefficient (Wildman–Crippen LogP) is 2.65. The Balaban J connectivity index is 0.00000392. The number of nitrogens with one attached hydrogen (secondary N) is 2. The number of ether oxygens (including phenoxy) is 2. The van der Waals surface area contributed by atoms with Crippen LogP contribution in [0.1, 0.15) is 38.7 Å². The Labute approximate surface area is 186 Å². The highest BCUT2D eigenvalue weighted by Gasteiger charge is 2.19. The quantitative estimate of drug-likeness (QED) is 0.221. The maximum atomic E-state index is 5.49. The Kier molecular flexibility index (Phi) is 13.2. The zero-order valence-corrected chi connectivity index (χ0v) is 19.8. The van der Waals surface area contributed by atoms with Gasteiger partial charge in [0.2, 0.25) is 5.88 Å². The monoisotopic (exact) mass is 505 g/mol. The molecule has 8 heteroatoms. The van der Waals surface area contributed by atoms with Gasteiger partial charge < -0.3 is 25.0 Å². The topological polar surface area (TPSA) is 71.0 Å². The van der Waals surface area contributed by atoms with Crippen molar-refractivity contribution in [1.82, 2.24) is 20.5 Å². The van der Waals surface area contributed by atoms with Crippen LogP contribution in [0.3, 0.4) is 0 Å². The van der Waals surface area contributed by atoms with E-state index in [0.29, 0.717) is 31.7 Å². The van der Waals surface area contributed by atoms with Gasteiger partial charge in [0.05, 0.1) is 13.2 Å². The number of pyridine rings is 1. The van der Waals surface area contributed by atoms with Crippen molar-refractivity contribution < 1.29 is 9.47 Å². The van der Waals surface area contributed by atoms with Crippen molar-refractivity contribution in [3.8, 4) is 5.88 Å². The number of aromatic nitrogens is 1. The van der Waals surface area contributed by atoms with Crippen molar-refractivity contribution in [2.45, 2.75) is 45.7 Å². The van der Waals surface area contributed by atoms with E-state index in [2.05, 4.69) is 34.4 Å². The third-order valence-electron chi connectivity index (χ3n) is 4.57. The highest BCUT2D eigenvalue weighted by molar-refractivity contribution is 14.0. The molecule has 0 saturated carbocycles. The Morgan fingerprint density at radius 2 is 2.04 bits per heavy atom. The third kappa shape index (κ3) is 9.38. The molecule has 0 atom stereocenters. The Bertz CT molecular complexity index is 548. The van der Waals surface area contributed by atoms with Gasteiger partial charge in [-0.3, -0.25) is 0 Å². The minimum absolute atomic E-state index is 0. The molecule has 0 aromatic carbocycles. The maximum Gasteiger partial charge on any atom is 0.213 e. The molecule has 0 radical (unpaired) electrons. The molecule has 2 rings (SSSR count). The molecule has 0 bridgehead atoms. The largest absolute Gasteiger partial charge is 0.475 e. The number of aliphatic imine (C=N–C) groups is 1. The summed E-state index contributed by atoms with van der Waals surface area (Å²) < 4.78 is 10.5. The van der Waals surface area contributed by atoms with Crippen LogP contribution in [-0.4, -0.2) is 68.4 Å². The van der Waals surface area contributed by atoms with E-state index >= 15 is 0 Å². The number of hydrogen-bond acceptors (Lipinski definition) is 5. The van der Waals surface area contributed by atoms with Crippen LogP contribution in [0.2, 0.25) is 0 Å². The Morgan fingerprint density at radius 1 is 1.25 bits per heavy atom. The number of likely N-dealkylation sites (tertiary alicyclic amines) is 1. The SMILES string of the molecule is CCCN1CCC(NC(=NCc2ccc(OCCOC)nc2)NCC)CC1.I. The molecule has 2 heterocycles. The van der Waals surface area contributed by atoms with E-state index < -0.39 is 0 Å². The molecule has 0 unspecified atom stereocenters. The Morgan fingerprint density at radius 3 is 2.64 bits per heavy atom. The van der Waals surface area contributed by atoms with Crippen molar-refractivity contribution in [2.75, 3.05) is 46.5 Å². The number of guanidine groups is 1. The first-order valence-electron chi connectivity index (χ1n) is 10.1. The number of hydrogen-bond donors (Lipinski definition) is 2. The average molecular weight is 505 g/mol. The summed E-state index contributed by atoms with van der Waals surface area (Å²) in [4.78, 5) is 11.6. The summed E-state index contributed by atoms with van der Waals surface area (Å²) in [6.45, 7) is 10.4. The van der Waals surface area contributed by atoms with Crippen molar-refractivity contribution in [3.63, 3.8) is 0 Å². The average Bonchev–Trinajstić information content (AvgIpc) is 2.69. The molecule has 1 aliphatic rings. The van der Waals surface area contributed by atoms with Gasteiger partial charge in [-0.05, 0) is 38.3 Å². The van der Waals surface area contributed by atoms with Crippen LogP contribution < -0.4 is 15.4 Å². The lowest BCUT2D eigenvalue weighted by Crippen LogP contribution is -2.48. The molecule has 0 spiro atoms. The van der Waals surface area contributed by atoms with Crippen LogP contribution >= 0.6 is 24.0 Å². The van der Waals surface area contributed by atoms with Crippen LogP contribution in [0.5, 0.6) is 5.88 Å². The molecule has 1 aromatic heterocycles. The number of rotatable bonds is 10. The highest BCUT2D eigenvalue weighted by Crippen LogP contribution is 2.11. The molecular formula is C20H36IN5O2. The van der Waals surface area contributed by atoms with Crippen molar-refractivity contribution >= 4 is 29.9 Å². The number of piperidine rings is 1.